The molecule has 2 N–H and O–H groups in total. The molecule has 0 aromatic heterocycles. The summed E-state index contributed by atoms with van der Waals surface area (Å²) in [7, 11) is 1.72. The molecule has 1 aliphatic heterocycles. The summed E-state index contributed by atoms with van der Waals surface area (Å²) in [5.41, 5.74) is 9.34. The Bertz CT molecular complexity index is 1320. The van der Waals surface area contributed by atoms with Crippen LogP contribution in [0.2, 0.25) is 0 Å². The van der Waals surface area contributed by atoms with Crippen molar-refractivity contribution in [1.29, 1.82) is 0 Å². The van der Waals surface area contributed by atoms with Gasteiger partial charge >= 0.3 is 5.97 Å². The van der Waals surface area contributed by atoms with Gasteiger partial charge in [0.25, 0.3) is 0 Å². The number of hydrogen-bond donors (Lipinski definition) is 2. The maximum absolute atomic E-state index is 14.2. The zero-order chi connectivity index (χ0) is 31.2. The van der Waals surface area contributed by atoms with Crippen LogP contribution in [-0.4, -0.2) is 60.9 Å². The van der Waals surface area contributed by atoms with Gasteiger partial charge in [0.1, 0.15) is 12.4 Å². The van der Waals surface area contributed by atoms with Gasteiger partial charge in [0.2, 0.25) is 5.91 Å². The lowest BCUT2D eigenvalue weighted by Crippen LogP contribution is -2.42. The summed E-state index contributed by atoms with van der Waals surface area (Å²) in [5.74, 6) is 1.07. The highest BCUT2D eigenvalue weighted by Crippen LogP contribution is 2.39. The van der Waals surface area contributed by atoms with E-state index in [4.69, 9.17) is 14.6 Å². The Morgan fingerprint density at radius 1 is 1.02 bits per heavy atom. The lowest BCUT2D eigenvalue weighted by atomic mass is 9.78. The van der Waals surface area contributed by atoms with Crippen molar-refractivity contribution in [1.82, 2.24) is 10.4 Å². The van der Waals surface area contributed by atoms with E-state index in [2.05, 4.69) is 84.8 Å². The number of nitrogens with one attached hydrogen (secondary N) is 1. The van der Waals surface area contributed by atoms with Crippen molar-refractivity contribution in [2.24, 2.45) is 11.8 Å². The molecule has 5 rings (SSSR count). The van der Waals surface area contributed by atoms with Gasteiger partial charge in [0.05, 0.1) is 13.2 Å². The molecule has 44 heavy (non-hydrogen) atoms. The fourth-order valence-electron chi connectivity index (χ4n) is 7.12. The Morgan fingerprint density at radius 3 is 2.41 bits per heavy atom. The molecule has 0 saturated heterocycles. The number of anilines is 1. The average molecular weight is 604 g/mol. The Hall–Kier alpha value is -3.36. The SMILES string of the molecule is COc1ccc(C2CCC(CN(C(=O)C3CCC(OCC(=O)O)CC3)c3cccc(C4=CN(C(C)C)NC4)c3)CC2)cc1C. The summed E-state index contributed by atoms with van der Waals surface area (Å²) in [6.45, 7) is 7.64. The molecule has 0 bridgehead atoms. The van der Waals surface area contributed by atoms with Crippen LogP contribution in [0.15, 0.2) is 48.7 Å². The normalized spacial score (nSPS) is 23.8. The van der Waals surface area contributed by atoms with Crippen LogP contribution in [0.4, 0.5) is 5.69 Å². The monoisotopic (exact) mass is 603 g/mol. The van der Waals surface area contributed by atoms with Crippen LogP contribution in [0.5, 0.6) is 5.75 Å². The second-order valence-electron chi connectivity index (χ2n) is 13.1. The molecule has 2 aromatic carbocycles. The molecule has 0 spiro atoms. The number of carboxylic acid groups (broad SMARTS) is 1. The lowest BCUT2D eigenvalue weighted by Gasteiger charge is -2.36. The van der Waals surface area contributed by atoms with E-state index in [-0.39, 0.29) is 24.5 Å². The first kappa shape index (κ1) is 32.0. The fourth-order valence-corrected chi connectivity index (χ4v) is 7.12. The van der Waals surface area contributed by atoms with Crippen molar-refractivity contribution in [2.45, 2.75) is 90.2 Å². The Kier molecular flexibility index (Phi) is 10.6. The largest absolute Gasteiger partial charge is 0.496 e. The molecule has 1 amide bonds. The Balaban J connectivity index is 1.30. The number of rotatable bonds is 11. The average Bonchev–Trinajstić information content (AvgIpc) is 3.54. The third-order valence-corrected chi connectivity index (χ3v) is 9.74. The highest BCUT2D eigenvalue weighted by molar-refractivity contribution is 5.95. The number of carboxylic acids is 1. The number of amides is 1. The van der Waals surface area contributed by atoms with Crippen molar-refractivity contribution < 1.29 is 24.2 Å². The van der Waals surface area contributed by atoms with Crippen molar-refractivity contribution in [3.63, 3.8) is 0 Å². The van der Waals surface area contributed by atoms with Crippen LogP contribution in [0.3, 0.4) is 0 Å². The van der Waals surface area contributed by atoms with Crippen LogP contribution < -0.4 is 15.1 Å². The van der Waals surface area contributed by atoms with E-state index in [9.17, 15) is 9.59 Å². The summed E-state index contributed by atoms with van der Waals surface area (Å²) in [6.07, 6.45) is 9.39. The minimum atomic E-state index is -0.949. The van der Waals surface area contributed by atoms with Gasteiger partial charge in [0, 0.05) is 36.9 Å². The first-order chi connectivity index (χ1) is 21.2. The number of methoxy groups -OCH3 is 1. The van der Waals surface area contributed by atoms with Crippen LogP contribution in [-0.2, 0) is 14.3 Å². The minimum Gasteiger partial charge on any atom is -0.496 e. The molecule has 2 fully saturated rings. The zero-order valence-electron chi connectivity index (χ0n) is 26.8. The topological polar surface area (TPSA) is 91.3 Å². The molecule has 0 unspecified atom stereocenters. The van der Waals surface area contributed by atoms with Gasteiger partial charge in [-0.25, -0.2) is 10.2 Å². The van der Waals surface area contributed by atoms with E-state index in [0.717, 1.165) is 68.6 Å². The van der Waals surface area contributed by atoms with E-state index in [1.807, 2.05) is 0 Å². The van der Waals surface area contributed by atoms with Crippen molar-refractivity contribution in [3.05, 3.63) is 65.4 Å². The van der Waals surface area contributed by atoms with Crippen molar-refractivity contribution in [2.75, 3.05) is 31.7 Å². The van der Waals surface area contributed by atoms with Gasteiger partial charge in [-0.2, -0.15) is 0 Å². The predicted octanol–water partition coefficient (Wildman–Crippen LogP) is 6.54. The van der Waals surface area contributed by atoms with Crippen LogP contribution >= 0.6 is 0 Å². The fraction of sp³-hybridized carbons (Fsp3) is 0.556. The number of aliphatic carboxylic acids is 1. The summed E-state index contributed by atoms with van der Waals surface area (Å²) in [4.78, 5) is 27.3. The first-order valence-corrected chi connectivity index (χ1v) is 16.3. The number of hydrazine groups is 1. The van der Waals surface area contributed by atoms with E-state index in [0.29, 0.717) is 30.7 Å². The highest BCUT2D eigenvalue weighted by atomic mass is 16.5. The molecule has 1 heterocycles. The van der Waals surface area contributed by atoms with Crippen LogP contribution in [0.1, 0.15) is 87.8 Å². The maximum Gasteiger partial charge on any atom is 0.329 e. The van der Waals surface area contributed by atoms with E-state index >= 15 is 0 Å². The number of aryl methyl sites for hydroxylation is 1. The van der Waals surface area contributed by atoms with Gasteiger partial charge in [-0.1, -0.05) is 24.3 Å². The van der Waals surface area contributed by atoms with Crippen LogP contribution in [0, 0.1) is 18.8 Å². The summed E-state index contributed by atoms with van der Waals surface area (Å²) >= 11 is 0. The molecule has 238 valence electrons. The zero-order valence-corrected chi connectivity index (χ0v) is 26.8. The van der Waals surface area contributed by atoms with Crippen LogP contribution in [0.25, 0.3) is 5.57 Å². The Morgan fingerprint density at radius 2 is 1.77 bits per heavy atom. The third kappa shape index (κ3) is 7.83. The third-order valence-electron chi connectivity index (χ3n) is 9.74. The predicted molar refractivity (Wildman–Crippen MR) is 174 cm³/mol. The van der Waals surface area contributed by atoms with Gasteiger partial charge in [-0.3, -0.25) is 4.79 Å². The number of ether oxygens (including phenoxy) is 2. The molecule has 2 aromatic rings. The minimum absolute atomic E-state index is 0.0780. The molecule has 0 atom stereocenters. The maximum atomic E-state index is 14.2. The smallest absolute Gasteiger partial charge is 0.329 e. The molecule has 8 heteroatoms. The first-order valence-electron chi connectivity index (χ1n) is 16.3. The number of hydrogen-bond acceptors (Lipinski definition) is 6. The van der Waals surface area contributed by atoms with Crippen molar-refractivity contribution in [3.8, 4) is 5.75 Å². The molecule has 2 saturated carbocycles. The summed E-state index contributed by atoms with van der Waals surface area (Å²) in [6, 6.07) is 15.4. The van der Waals surface area contributed by atoms with Gasteiger partial charge in [-0.05, 0) is 124 Å². The quantitative estimate of drug-likeness (QED) is 0.301. The summed E-state index contributed by atoms with van der Waals surface area (Å²) in [5, 5.41) is 11.1. The van der Waals surface area contributed by atoms with Gasteiger partial charge < -0.3 is 24.5 Å². The second-order valence-corrected chi connectivity index (χ2v) is 13.1. The standard InChI is InChI=1S/C36H49N3O5/c1-24(2)39-22-31(20-37-39)29-6-5-7-32(19-29)38(36(42)28-12-15-33(16-13-28)44-23-35(40)41)21-26-8-10-27(11-9-26)30-14-17-34(43-4)25(3)18-30/h5-7,14,17-19,22,24,26-28,33,37H,8-13,15-16,20-21,23H2,1-4H3,(H,40,41). The highest BCUT2D eigenvalue weighted by Gasteiger charge is 2.33. The molecular weight excluding hydrogens is 554 g/mol. The molecule has 3 aliphatic rings. The number of carbonyl (C=O) groups excluding carboxylic acids is 1. The molecule has 8 nitrogen and oxygen atoms in total. The molecular formula is C36H49N3O5. The summed E-state index contributed by atoms with van der Waals surface area (Å²) < 4.78 is 11.0. The van der Waals surface area contributed by atoms with E-state index in [1.54, 1.807) is 7.11 Å². The van der Waals surface area contributed by atoms with Gasteiger partial charge in [0.15, 0.2) is 0 Å². The lowest BCUT2D eigenvalue weighted by molar-refractivity contribution is -0.145. The Labute approximate surface area is 262 Å². The second kappa shape index (κ2) is 14.6. The van der Waals surface area contributed by atoms with Crippen molar-refractivity contribution >= 4 is 23.1 Å². The van der Waals surface area contributed by atoms with Gasteiger partial charge in [-0.15, -0.1) is 0 Å². The van der Waals surface area contributed by atoms with E-state index in [1.165, 1.54) is 16.7 Å². The van der Waals surface area contributed by atoms with E-state index < -0.39 is 5.97 Å². The molecule has 2 aliphatic carbocycles. The number of carbonyl (C=O) groups is 2. The molecule has 0 radical (unpaired) electrons. The number of nitrogens with zero attached hydrogens (tertiary/aromatic N) is 2. The number of benzene rings is 2.